The second-order valence-corrected chi connectivity index (χ2v) is 6.96. The lowest BCUT2D eigenvalue weighted by Crippen LogP contribution is -2.22. The highest BCUT2D eigenvalue weighted by atomic mass is 19.1. The Hall–Kier alpha value is -4.21. The predicted molar refractivity (Wildman–Crippen MR) is 111 cm³/mol. The van der Waals surface area contributed by atoms with Crippen molar-refractivity contribution in [1.29, 1.82) is 5.41 Å². The number of amidine groups is 1. The van der Waals surface area contributed by atoms with Crippen LogP contribution in [0.25, 0.3) is 16.5 Å². The summed E-state index contributed by atoms with van der Waals surface area (Å²) in [5.74, 6) is -2.34. The van der Waals surface area contributed by atoms with Gasteiger partial charge in [0.2, 0.25) is 5.82 Å². The van der Waals surface area contributed by atoms with Crippen LogP contribution >= 0.6 is 0 Å². The number of amides is 1. The number of fused-ring (bicyclic) bond motifs is 1. The van der Waals surface area contributed by atoms with Crippen LogP contribution in [0.1, 0.15) is 16.2 Å². The third kappa shape index (κ3) is 3.82. The minimum Gasteiger partial charge on any atom is -0.363 e. The molecule has 156 valence electrons. The fourth-order valence-corrected chi connectivity index (χ4v) is 3.05. The summed E-state index contributed by atoms with van der Waals surface area (Å²) in [4.78, 5) is 14.2. The van der Waals surface area contributed by atoms with Gasteiger partial charge in [-0.2, -0.15) is 4.68 Å². The van der Waals surface area contributed by atoms with Crippen LogP contribution in [0.2, 0.25) is 0 Å². The number of hydrogen-bond acceptors (Lipinski definition) is 5. The minimum absolute atomic E-state index is 0.0101. The summed E-state index contributed by atoms with van der Waals surface area (Å²) < 4.78 is 30.1. The molecule has 31 heavy (non-hydrogen) atoms. The molecule has 4 rings (SSSR count). The van der Waals surface area contributed by atoms with Gasteiger partial charge < -0.3 is 10.2 Å². The van der Waals surface area contributed by atoms with E-state index in [2.05, 4.69) is 20.8 Å². The highest BCUT2D eigenvalue weighted by molar-refractivity contribution is 6.03. The number of benzene rings is 3. The molecule has 0 radical (unpaired) electrons. The number of carbonyl (C=O) groups excluding carboxylic acids is 1. The van der Waals surface area contributed by atoms with Gasteiger partial charge in [0.1, 0.15) is 23.2 Å². The molecule has 3 aromatic carbocycles. The van der Waals surface area contributed by atoms with Gasteiger partial charge in [-0.25, -0.2) is 8.78 Å². The van der Waals surface area contributed by atoms with E-state index in [1.54, 1.807) is 38.4 Å². The minimum atomic E-state index is -0.813. The Bertz CT molecular complexity index is 1320. The Kier molecular flexibility index (Phi) is 5.12. The van der Waals surface area contributed by atoms with Crippen LogP contribution < -0.4 is 5.32 Å². The molecule has 0 aliphatic carbocycles. The zero-order valence-electron chi connectivity index (χ0n) is 16.6. The van der Waals surface area contributed by atoms with E-state index in [-0.39, 0.29) is 23.0 Å². The van der Waals surface area contributed by atoms with E-state index in [1.165, 1.54) is 29.2 Å². The SMILES string of the molecule is CN(C)C(=N)c1ccc(NC(=O)c2nnnn2-c2cc3ccccc3cc2F)c(F)c1. The van der Waals surface area contributed by atoms with Gasteiger partial charge in [0.05, 0.1) is 5.69 Å². The molecule has 0 saturated carbocycles. The molecule has 10 heteroatoms. The molecule has 0 spiro atoms. The third-order valence-electron chi connectivity index (χ3n) is 4.65. The maximum absolute atomic E-state index is 14.7. The summed E-state index contributed by atoms with van der Waals surface area (Å²) in [7, 11) is 3.34. The molecule has 1 heterocycles. The van der Waals surface area contributed by atoms with Gasteiger partial charge in [0.25, 0.3) is 5.91 Å². The van der Waals surface area contributed by atoms with E-state index in [9.17, 15) is 13.6 Å². The largest absolute Gasteiger partial charge is 0.363 e. The Morgan fingerprint density at radius 2 is 1.74 bits per heavy atom. The lowest BCUT2D eigenvalue weighted by atomic mass is 10.1. The van der Waals surface area contributed by atoms with Crippen LogP contribution in [0.5, 0.6) is 0 Å². The van der Waals surface area contributed by atoms with Gasteiger partial charge in [0.15, 0.2) is 0 Å². The van der Waals surface area contributed by atoms with Gasteiger partial charge in [-0.15, -0.1) is 5.10 Å². The fourth-order valence-electron chi connectivity index (χ4n) is 3.05. The van der Waals surface area contributed by atoms with Crippen molar-refractivity contribution >= 4 is 28.2 Å². The smallest absolute Gasteiger partial charge is 0.295 e. The van der Waals surface area contributed by atoms with Gasteiger partial charge in [0, 0.05) is 19.7 Å². The first-order chi connectivity index (χ1) is 14.8. The zero-order valence-corrected chi connectivity index (χ0v) is 16.6. The monoisotopic (exact) mass is 421 g/mol. The number of nitrogens with one attached hydrogen (secondary N) is 2. The van der Waals surface area contributed by atoms with E-state index >= 15 is 0 Å². The molecule has 4 aromatic rings. The molecule has 0 fully saturated rings. The average Bonchev–Trinajstić information content (AvgIpc) is 3.23. The molecule has 1 amide bonds. The lowest BCUT2D eigenvalue weighted by molar-refractivity contribution is 0.101. The maximum Gasteiger partial charge on any atom is 0.295 e. The standard InChI is InChI=1S/C21H17F2N7O/c1-29(2)19(24)14-7-8-17(15(22)10-14)25-21(31)20-26-27-28-30(20)18-11-13-6-4-3-5-12(13)9-16(18)23/h3-11,24H,1-2H3,(H,25,31). The molecular weight excluding hydrogens is 404 g/mol. The Morgan fingerprint density at radius 3 is 2.42 bits per heavy atom. The van der Waals surface area contributed by atoms with E-state index in [1.807, 2.05) is 0 Å². The Labute approximate surface area is 175 Å². The molecule has 0 bridgehead atoms. The summed E-state index contributed by atoms with van der Waals surface area (Å²) in [5.41, 5.74) is 0.224. The van der Waals surface area contributed by atoms with Crippen LogP contribution in [0.3, 0.4) is 0 Å². The van der Waals surface area contributed by atoms with Gasteiger partial charge >= 0.3 is 0 Å². The Balaban J connectivity index is 1.65. The van der Waals surface area contributed by atoms with Crippen LogP contribution in [-0.2, 0) is 0 Å². The van der Waals surface area contributed by atoms with Crippen molar-refractivity contribution in [2.75, 3.05) is 19.4 Å². The number of tetrazole rings is 1. The van der Waals surface area contributed by atoms with E-state index < -0.39 is 17.5 Å². The summed E-state index contributed by atoms with van der Waals surface area (Å²) in [5, 5.41) is 22.6. The molecule has 0 unspecified atom stereocenters. The second-order valence-electron chi connectivity index (χ2n) is 6.96. The van der Waals surface area contributed by atoms with E-state index in [0.717, 1.165) is 16.1 Å². The van der Waals surface area contributed by atoms with Crippen molar-refractivity contribution in [3.63, 3.8) is 0 Å². The number of rotatable bonds is 4. The van der Waals surface area contributed by atoms with Crippen molar-refractivity contribution in [3.8, 4) is 5.69 Å². The van der Waals surface area contributed by atoms with Crippen LogP contribution in [-0.4, -0.2) is 50.9 Å². The molecule has 1 aromatic heterocycles. The molecular formula is C21H17F2N7O. The van der Waals surface area contributed by atoms with E-state index in [4.69, 9.17) is 5.41 Å². The van der Waals surface area contributed by atoms with Crippen LogP contribution in [0.4, 0.5) is 14.5 Å². The second kappa shape index (κ2) is 7.90. The number of aromatic nitrogens is 4. The van der Waals surface area contributed by atoms with Crippen molar-refractivity contribution in [2.24, 2.45) is 0 Å². The van der Waals surface area contributed by atoms with Gasteiger partial charge in [-0.1, -0.05) is 24.3 Å². The van der Waals surface area contributed by atoms with Gasteiger partial charge in [-0.3, -0.25) is 10.2 Å². The third-order valence-corrected chi connectivity index (χ3v) is 4.65. The number of hydrogen-bond donors (Lipinski definition) is 2. The molecule has 8 nitrogen and oxygen atoms in total. The average molecular weight is 421 g/mol. The molecule has 2 N–H and O–H groups in total. The van der Waals surface area contributed by atoms with Crippen LogP contribution in [0.15, 0.2) is 54.6 Å². The number of halogens is 2. The molecule has 0 aliphatic heterocycles. The summed E-state index contributed by atoms with van der Waals surface area (Å²) in [6.45, 7) is 0. The molecule has 0 atom stereocenters. The Morgan fingerprint density at radius 1 is 1.03 bits per heavy atom. The quantitative estimate of drug-likeness (QED) is 0.389. The number of anilines is 1. The van der Waals surface area contributed by atoms with E-state index in [0.29, 0.717) is 10.9 Å². The predicted octanol–water partition coefficient (Wildman–Crippen LogP) is 3.23. The zero-order chi connectivity index (χ0) is 22.1. The fraction of sp³-hybridized carbons (Fsp3) is 0.0952. The maximum atomic E-state index is 14.7. The highest BCUT2D eigenvalue weighted by Crippen LogP contribution is 2.23. The first-order valence-electron chi connectivity index (χ1n) is 9.19. The number of carbonyl (C=O) groups is 1. The van der Waals surface area contributed by atoms with Crippen LogP contribution in [0, 0.1) is 17.0 Å². The van der Waals surface area contributed by atoms with Crippen molar-refractivity contribution in [3.05, 3.63) is 77.6 Å². The highest BCUT2D eigenvalue weighted by Gasteiger charge is 2.21. The topological polar surface area (TPSA) is 99.8 Å². The van der Waals surface area contributed by atoms with Crippen molar-refractivity contribution in [2.45, 2.75) is 0 Å². The summed E-state index contributed by atoms with van der Waals surface area (Å²) in [6, 6.07) is 14.0. The molecule has 0 saturated heterocycles. The van der Waals surface area contributed by atoms with Gasteiger partial charge in [-0.05, 0) is 51.5 Å². The van der Waals surface area contributed by atoms with Crippen molar-refractivity contribution < 1.29 is 13.6 Å². The summed E-state index contributed by atoms with van der Waals surface area (Å²) in [6.07, 6.45) is 0. The molecule has 0 aliphatic rings. The van der Waals surface area contributed by atoms with Crippen molar-refractivity contribution in [1.82, 2.24) is 25.1 Å². The first-order valence-corrected chi connectivity index (χ1v) is 9.19. The summed E-state index contributed by atoms with van der Waals surface area (Å²) >= 11 is 0. The first kappa shape index (κ1) is 20.1. The lowest BCUT2D eigenvalue weighted by Gasteiger charge is -2.14. The normalized spacial score (nSPS) is 10.8. The number of nitrogens with zero attached hydrogens (tertiary/aromatic N) is 5.